The number of rotatable bonds is 7. The lowest BCUT2D eigenvalue weighted by atomic mass is 10.1. The molecule has 1 unspecified atom stereocenters. The van der Waals surface area contributed by atoms with Crippen molar-refractivity contribution in [2.75, 3.05) is 26.2 Å². The highest BCUT2D eigenvalue weighted by molar-refractivity contribution is 14.0. The van der Waals surface area contributed by atoms with Crippen LogP contribution in [0, 0.1) is 0 Å². The first-order valence-corrected chi connectivity index (χ1v) is 11.6. The maximum atomic E-state index is 4.84. The molecule has 1 aromatic carbocycles. The number of aryl methyl sites for hydroxylation is 1. The summed E-state index contributed by atoms with van der Waals surface area (Å²) in [6.07, 6.45) is 7.29. The zero-order valence-electron chi connectivity index (χ0n) is 18.6. The number of nitrogens with zero attached hydrogens (tertiary/aromatic N) is 5. The number of likely N-dealkylation sites (tertiary alicyclic amines) is 1. The van der Waals surface area contributed by atoms with Gasteiger partial charge in [0.15, 0.2) is 11.8 Å². The maximum Gasteiger partial charge on any atom is 0.191 e. The highest BCUT2D eigenvalue weighted by Gasteiger charge is 2.23. The second-order valence-corrected chi connectivity index (χ2v) is 8.24. The molecule has 2 aliphatic rings. The third-order valence-corrected chi connectivity index (χ3v) is 6.14. The monoisotopic (exact) mass is 537 g/mol. The Morgan fingerprint density at radius 1 is 1.00 bits per heavy atom. The molecule has 170 valence electrons. The summed E-state index contributed by atoms with van der Waals surface area (Å²) in [6.45, 7) is 7.69. The molecule has 2 N–H and O–H groups in total. The number of hydrogen-bond donors (Lipinski definition) is 2. The number of benzene rings is 1. The van der Waals surface area contributed by atoms with Crippen LogP contribution in [0.25, 0.3) is 0 Å². The van der Waals surface area contributed by atoms with Crippen LogP contribution < -0.4 is 10.6 Å². The van der Waals surface area contributed by atoms with Crippen molar-refractivity contribution >= 4 is 29.9 Å². The van der Waals surface area contributed by atoms with E-state index < -0.39 is 0 Å². The Labute approximate surface area is 203 Å². The number of nitrogens with one attached hydrogen (secondary N) is 2. The fourth-order valence-corrected chi connectivity index (χ4v) is 4.53. The molecule has 1 fully saturated rings. The molecule has 2 aromatic rings. The fourth-order valence-electron chi connectivity index (χ4n) is 4.53. The summed E-state index contributed by atoms with van der Waals surface area (Å²) in [5.74, 6) is 2.95. The van der Waals surface area contributed by atoms with E-state index >= 15 is 0 Å². The normalized spacial score (nSPS) is 18.0. The number of guanidine groups is 1. The van der Waals surface area contributed by atoms with E-state index in [1.165, 1.54) is 50.8 Å². The first-order valence-electron chi connectivity index (χ1n) is 11.6. The van der Waals surface area contributed by atoms with E-state index in [0.717, 1.165) is 43.7 Å². The van der Waals surface area contributed by atoms with Crippen LogP contribution in [0.15, 0.2) is 35.3 Å². The third-order valence-electron chi connectivity index (χ3n) is 6.14. The van der Waals surface area contributed by atoms with Gasteiger partial charge in [-0.1, -0.05) is 36.8 Å². The topological polar surface area (TPSA) is 70.4 Å². The van der Waals surface area contributed by atoms with Gasteiger partial charge in [0, 0.05) is 26.1 Å². The lowest BCUT2D eigenvalue weighted by Crippen LogP contribution is -2.42. The summed E-state index contributed by atoms with van der Waals surface area (Å²) in [5.41, 5.74) is 1.37. The van der Waals surface area contributed by atoms with E-state index in [4.69, 9.17) is 4.99 Å². The summed E-state index contributed by atoms with van der Waals surface area (Å²) in [7, 11) is 0. The van der Waals surface area contributed by atoms with E-state index in [-0.39, 0.29) is 24.0 Å². The molecular weight excluding hydrogens is 501 g/mol. The van der Waals surface area contributed by atoms with Crippen LogP contribution in [0.5, 0.6) is 0 Å². The van der Waals surface area contributed by atoms with Gasteiger partial charge in [0.25, 0.3) is 0 Å². The quantitative estimate of drug-likeness (QED) is 0.322. The molecule has 7 nitrogen and oxygen atoms in total. The summed E-state index contributed by atoms with van der Waals surface area (Å²) >= 11 is 0. The molecule has 1 saturated heterocycles. The Bertz CT molecular complexity index is 815. The van der Waals surface area contributed by atoms with Gasteiger partial charge in [-0.05, 0) is 51.3 Å². The van der Waals surface area contributed by atoms with E-state index in [0.29, 0.717) is 12.6 Å². The molecule has 8 heteroatoms. The third kappa shape index (κ3) is 6.41. The number of hydrogen-bond acceptors (Lipinski definition) is 4. The van der Waals surface area contributed by atoms with E-state index in [2.05, 4.69) is 67.6 Å². The molecule has 1 aromatic heterocycles. The molecule has 0 radical (unpaired) electrons. The lowest BCUT2D eigenvalue weighted by molar-refractivity contribution is 0.245. The minimum absolute atomic E-state index is 0. The van der Waals surface area contributed by atoms with E-state index in [1.54, 1.807) is 0 Å². The van der Waals surface area contributed by atoms with Gasteiger partial charge in [-0.25, -0.2) is 4.99 Å². The molecule has 0 amide bonds. The minimum Gasteiger partial charge on any atom is -0.357 e. The van der Waals surface area contributed by atoms with Crippen LogP contribution in [-0.2, 0) is 19.5 Å². The standard InChI is InChI=1S/C23H35N7.HI/c1-2-24-23(26-18-22-28-27-21-13-7-4-8-16-30(21)22)25-17-20(29-14-9-10-15-29)19-11-5-3-6-12-19;/h3,5-6,11-12,20H,2,4,7-10,13-18H2,1H3,(H2,24,25,26);1H. The number of halogens is 1. The number of aliphatic imine (C=N–C) groups is 1. The molecular formula is C23H36IN7. The molecule has 4 rings (SSSR count). The minimum atomic E-state index is 0. The van der Waals surface area contributed by atoms with Crippen molar-refractivity contribution in [3.8, 4) is 0 Å². The summed E-state index contributed by atoms with van der Waals surface area (Å²) in [4.78, 5) is 7.43. The first kappa shape index (κ1) is 24.0. The predicted molar refractivity (Wildman–Crippen MR) is 136 cm³/mol. The van der Waals surface area contributed by atoms with Gasteiger partial charge in [-0.15, -0.1) is 34.2 Å². The second-order valence-electron chi connectivity index (χ2n) is 8.24. The van der Waals surface area contributed by atoms with Gasteiger partial charge in [0.1, 0.15) is 12.4 Å². The van der Waals surface area contributed by atoms with Gasteiger partial charge in [-0.2, -0.15) is 0 Å². The summed E-state index contributed by atoms with van der Waals surface area (Å²) in [5, 5.41) is 15.8. The number of fused-ring (bicyclic) bond motifs is 1. The zero-order chi connectivity index (χ0) is 20.6. The van der Waals surface area contributed by atoms with Crippen molar-refractivity contribution in [1.82, 2.24) is 30.3 Å². The van der Waals surface area contributed by atoms with Crippen molar-refractivity contribution in [3.05, 3.63) is 47.5 Å². The van der Waals surface area contributed by atoms with Crippen molar-refractivity contribution in [3.63, 3.8) is 0 Å². The summed E-state index contributed by atoms with van der Waals surface area (Å²) in [6, 6.07) is 11.2. The van der Waals surface area contributed by atoms with Gasteiger partial charge >= 0.3 is 0 Å². The second kappa shape index (κ2) is 12.4. The highest BCUT2D eigenvalue weighted by atomic mass is 127. The van der Waals surface area contributed by atoms with Crippen LogP contribution >= 0.6 is 24.0 Å². The molecule has 1 atom stereocenters. The van der Waals surface area contributed by atoms with Crippen LogP contribution in [0.3, 0.4) is 0 Å². The Kier molecular flexibility index (Phi) is 9.57. The Hall–Kier alpha value is -1.68. The highest BCUT2D eigenvalue weighted by Crippen LogP contribution is 2.24. The van der Waals surface area contributed by atoms with Crippen LogP contribution in [0.1, 0.15) is 62.3 Å². The predicted octanol–water partition coefficient (Wildman–Crippen LogP) is 3.51. The van der Waals surface area contributed by atoms with E-state index in [9.17, 15) is 0 Å². The molecule has 31 heavy (non-hydrogen) atoms. The largest absolute Gasteiger partial charge is 0.357 e. The van der Waals surface area contributed by atoms with Gasteiger partial charge < -0.3 is 15.2 Å². The molecule has 0 aliphatic carbocycles. The molecule has 0 saturated carbocycles. The van der Waals surface area contributed by atoms with Gasteiger partial charge in [0.05, 0.1) is 6.04 Å². The zero-order valence-corrected chi connectivity index (χ0v) is 20.9. The van der Waals surface area contributed by atoms with Gasteiger partial charge in [-0.3, -0.25) is 4.90 Å². The van der Waals surface area contributed by atoms with E-state index in [1.807, 2.05) is 0 Å². The molecule has 2 aliphatic heterocycles. The fraction of sp³-hybridized carbons (Fsp3) is 0.609. The van der Waals surface area contributed by atoms with Crippen LogP contribution in [0.4, 0.5) is 0 Å². The molecule has 3 heterocycles. The average molecular weight is 537 g/mol. The molecule has 0 spiro atoms. The van der Waals surface area contributed by atoms with Crippen LogP contribution in [-0.4, -0.2) is 51.8 Å². The van der Waals surface area contributed by atoms with Gasteiger partial charge in [0.2, 0.25) is 0 Å². The van der Waals surface area contributed by atoms with Crippen molar-refractivity contribution < 1.29 is 0 Å². The number of aromatic nitrogens is 3. The summed E-state index contributed by atoms with van der Waals surface area (Å²) < 4.78 is 2.27. The first-order chi connectivity index (χ1) is 14.8. The smallest absolute Gasteiger partial charge is 0.191 e. The van der Waals surface area contributed by atoms with Crippen LogP contribution in [0.2, 0.25) is 0 Å². The van der Waals surface area contributed by atoms with Crippen molar-refractivity contribution in [1.29, 1.82) is 0 Å². The SMILES string of the molecule is CCNC(=NCc1nnc2n1CCCCC2)NCC(c1ccccc1)N1CCCC1.I. The Morgan fingerprint density at radius 2 is 1.77 bits per heavy atom. The Balaban J connectivity index is 0.00000272. The average Bonchev–Trinajstić information content (AvgIpc) is 3.38. The lowest BCUT2D eigenvalue weighted by Gasteiger charge is -2.29. The Morgan fingerprint density at radius 3 is 2.55 bits per heavy atom. The van der Waals surface area contributed by atoms with Crippen molar-refractivity contribution in [2.24, 2.45) is 4.99 Å². The van der Waals surface area contributed by atoms with Crippen molar-refractivity contribution in [2.45, 2.75) is 64.6 Å². The maximum absolute atomic E-state index is 4.84. The molecule has 0 bridgehead atoms.